The van der Waals surface area contributed by atoms with Gasteiger partial charge in [0.25, 0.3) is 0 Å². The smallest absolute Gasteiger partial charge is 0.00450 e. The molecule has 0 spiro atoms. The summed E-state index contributed by atoms with van der Waals surface area (Å²) in [5, 5.41) is 0. The van der Waals surface area contributed by atoms with Crippen molar-refractivity contribution in [3.63, 3.8) is 0 Å². The molecule has 2 nitrogen and oxygen atoms in total. The third-order valence-electron chi connectivity index (χ3n) is 4.79. The summed E-state index contributed by atoms with van der Waals surface area (Å²) >= 11 is 0. The molecule has 0 saturated heterocycles. The van der Waals surface area contributed by atoms with Gasteiger partial charge in [0.1, 0.15) is 0 Å². The number of benzene rings is 1. The Morgan fingerprint density at radius 3 is 2.79 bits per heavy atom. The van der Waals surface area contributed by atoms with Gasteiger partial charge in [-0.05, 0) is 68.2 Å². The van der Waals surface area contributed by atoms with E-state index in [1.54, 1.807) is 11.1 Å². The Morgan fingerprint density at radius 1 is 1.21 bits per heavy atom. The highest BCUT2D eigenvalue weighted by molar-refractivity contribution is 5.35. The van der Waals surface area contributed by atoms with Crippen LogP contribution in [0.1, 0.15) is 36.0 Å². The molecule has 0 aliphatic heterocycles. The van der Waals surface area contributed by atoms with Crippen LogP contribution in [0, 0.1) is 5.92 Å². The molecule has 0 heterocycles. The van der Waals surface area contributed by atoms with Crippen LogP contribution in [-0.4, -0.2) is 31.1 Å². The van der Waals surface area contributed by atoms with Crippen LogP contribution < -0.4 is 5.73 Å². The number of likely N-dealkylation sites (N-methyl/N-ethyl adjacent to an activating group) is 1. The molecule has 2 aliphatic rings. The second-order valence-electron chi connectivity index (χ2n) is 6.57. The summed E-state index contributed by atoms with van der Waals surface area (Å²) in [4.78, 5) is 2.48. The van der Waals surface area contributed by atoms with Crippen LogP contribution in [0.25, 0.3) is 0 Å². The zero-order valence-corrected chi connectivity index (χ0v) is 12.1. The molecule has 3 rings (SSSR count). The zero-order valence-electron chi connectivity index (χ0n) is 12.1. The summed E-state index contributed by atoms with van der Waals surface area (Å²) in [7, 11) is 2.25. The van der Waals surface area contributed by atoms with Gasteiger partial charge in [-0.15, -0.1) is 0 Å². The van der Waals surface area contributed by atoms with Crippen LogP contribution in [0.2, 0.25) is 0 Å². The Balaban J connectivity index is 1.46. The van der Waals surface area contributed by atoms with Crippen molar-refractivity contribution >= 4 is 0 Å². The second kappa shape index (κ2) is 5.64. The van der Waals surface area contributed by atoms with Crippen molar-refractivity contribution in [2.24, 2.45) is 11.7 Å². The van der Waals surface area contributed by atoms with Crippen molar-refractivity contribution in [3.05, 3.63) is 34.9 Å². The van der Waals surface area contributed by atoms with Gasteiger partial charge in [0.2, 0.25) is 0 Å². The van der Waals surface area contributed by atoms with Gasteiger partial charge >= 0.3 is 0 Å². The molecular formula is C17H26N2. The van der Waals surface area contributed by atoms with Gasteiger partial charge in [0.05, 0.1) is 0 Å². The van der Waals surface area contributed by atoms with Gasteiger partial charge in [0, 0.05) is 19.1 Å². The highest BCUT2D eigenvalue weighted by atomic mass is 15.1. The van der Waals surface area contributed by atoms with Gasteiger partial charge < -0.3 is 10.6 Å². The van der Waals surface area contributed by atoms with E-state index < -0.39 is 0 Å². The minimum absolute atomic E-state index is 0.482. The van der Waals surface area contributed by atoms with Gasteiger partial charge in [-0.3, -0.25) is 0 Å². The molecule has 0 amide bonds. The van der Waals surface area contributed by atoms with Gasteiger partial charge in [-0.25, -0.2) is 0 Å². The summed E-state index contributed by atoms with van der Waals surface area (Å²) in [6, 6.07) is 7.60. The van der Waals surface area contributed by atoms with E-state index in [4.69, 9.17) is 5.73 Å². The Labute approximate surface area is 117 Å². The molecule has 2 N–H and O–H groups in total. The number of fused-ring (bicyclic) bond motifs is 1. The molecule has 0 radical (unpaired) electrons. The molecule has 0 unspecified atom stereocenters. The third-order valence-corrected chi connectivity index (χ3v) is 4.79. The monoisotopic (exact) mass is 258 g/mol. The second-order valence-corrected chi connectivity index (χ2v) is 6.57. The van der Waals surface area contributed by atoms with Gasteiger partial charge in [-0.2, -0.15) is 0 Å². The number of aryl methyl sites for hydroxylation is 2. The molecule has 0 bridgehead atoms. The Bertz CT molecular complexity index is 435. The predicted molar refractivity (Wildman–Crippen MR) is 80.4 cm³/mol. The van der Waals surface area contributed by atoms with E-state index in [-0.39, 0.29) is 0 Å². The first-order chi connectivity index (χ1) is 9.20. The Kier molecular flexibility index (Phi) is 3.90. The lowest BCUT2D eigenvalue weighted by Gasteiger charge is -2.35. The van der Waals surface area contributed by atoms with Crippen LogP contribution in [0.15, 0.2) is 18.2 Å². The number of hydrogen-bond acceptors (Lipinski definition) is 2. The summed E-state index contributed by atoms with van der Waals surface area (Å²) in [5.74, 6) is 0.847. The Hall–Kier alpha value is -0.860. The SMILES string of the molecule is CN(CCc1ccc2c(c1)CCC2)CC1CC(N)C1. The first-order valence-electron chi connectivity index (χ1n) is 7.75. The van der Waals surface area contributed by atoms with Gasteiger partial charge in [0.15, 0.2) is 0 Å². The lowest BCUT2D eigenvalue weighted by molar-refractivity contribution is 0.183. The molecule has 1 fully saturated rings. The molecule has 2 heteroatoms. The molecule has 1 saturated carbocycles. The van der Waals surface area contributed by atoms with Crippen molar-refractivity contribution < 1.29 is 0 Å². The van der Waals surface area contributed by atoms with E-state index in [2.05, 4.69) is 30.1 Å². The van der Waals surface area contributed by atoms with Gasteiger partial charge in [-0.1, -0.05) is 18.2 Å². The maximum absolute atomic E-state index is 5.84. The van der Waals surface area contributed by atoms with E-state index in [1.165, 1.54) is 57.2 Å². The first-order valence-corrected chi connectivity index (χ1v) is 7.75. The molecule has 19 heavy (non-hydrogen) atoms. The fourth-order valence-corrected chi connectivity index (χ4v) is 3.57. The lowest BCUT2D eigenvalue weighted by atomic mass is 9.80. The quantitative estimate of drug-likeness (QED) is 0.878. The highest BCUT2D eigenvalue weighted by Crippen LogP contribution is 2.26. The largest absolute Gasteiger partial charge is 0.328 e. The van der Waals surface area contributed by atoms with E-state index in [0.717, 1.165) is 5.92 Å². The minimum atomic E-state index is 0.482. The topological polar surface area (TPSA) is 29.3 Å². The van der Waals surface area contributed by atoms with E-state index in [1.807, 2.05) is 0 Å². The summed E-state index contributed by atoms with van der Waals surface area (Å²) in [5.41, 5.74) is 10.5. The van der Waals surface area contributed by atoms with Crippen molar-refractivity contribution in [3.8, 4) is 0 Å². The molecular weight excluding hydrogens is 232 g/mol. The zero-order chi connectivity index (χ0) is 13.2. The van der Waals surface area contributed by atoms with E-state index >= 15 is 0 Å². The average molecular weight is 258 g/mol. The maximum atomic E-state index is 5.84. The molecule has 0 atom stereocenters. The average Bonchev–Trinajstić information content (AvgIpc) is 2.81. The van der Waals surface area contributed by atoms with Crippen LogP contribution in [0.3, 0.4) is 0 Å². The minimum Gasteiger partial charge on any atom is -0.328 e. The highest BCUT2D eigenvalue weighted by Gasteiger charge is 2.26. The number of nitrogens with zero attached hydrogens (tertiary/aromatic N) is 1. The van der Waals surface area contributed by atoms with Crippen molar-refractivity contribution in [1.82, 2.24) is 4.90 Å². The molecule has 0 aromatic heterocycles. The van der Waals surface area contributed by atoms with E-state index in [0.29, 0.717) is 6.04 Å². The van der Waals surface area contributed by atoms with Crippen molar-refractivity contribution in [2.45, 2.75) is 44.6 Å². The van der Waals surface area contributed by atoms with Crippen LogP contribution in [0.5, 0.6) is 0 Å². The normalized spacial score (nSPS) is 25.4. The molecule has 104 valence electrons. The number of hydrogen-bond donors (Lipinski definition) is 1. The predicted octanol–water partition coefficient (Wildman–Crippen LogP) is 2.39. The van der Waals surface area contributed by atoms with Crippen LogP contribution in [-0.2, 0) is 19.3 Å². The number of rotatable bonds is 5. The summed E-state index contributed by atoms with van der Waals surface area (Å²) < 4.78 is 0. The van der Waals surface area contributed by atoms with Crippen molar-refractivity contribution in [1.29, 1.82) is 0 Å². The summed E-state index contributed by atoms with van der Waals surface area (Å²) in [6.07, 6.45) is 7.56. The fraction of sp³-hybridized carbons (Fsp3) is 0.647. The maximum Gasteiger partial charge on any atom is 0.00450 e. The molecule has 1 aromatic carbocycles. The summed E-state index contributed by atoms with van der Waals surface area (Å²) in [6.45, 7) is 2.39. The van der Waals surface area contributed by atoms with Crippen LogP contribution in [0.4, 0.5) is 0 Å². The molecule has 2 aliphatic carbocycles. The molecule has 1 aromatic rings. The van der Waals surface area contributed by atoms with Crippen LogP contribution >= 0.6 is 0 Å². The lowest BCUT2D eigenvalue weighted by Crippen LogP contribution is -2.42. The Morgan fingerprint density at radius 2 is 2.00 bits per heavy atom. The standard InChI is InChI=1S/C17H26N2/c1-19(12-14-10-17(18)11-14)8-7-13-5-6-15-3-2-4-16(15)9-13/h5-6,9,14,17H,2-4,7-8,10-12,18H2,1H3. The number of nitrogens with two attached hydrogens (primary N) is 1. The van der Waals surface area contributed by atoms with E-state index in [9.17, 15) is 0 Å². The fourth-order valence-electron chi connectivity index (χ4n) is 3.57. The first kappa shape index (κ1) is 13.1. The van der Waals surface area contributed by atoms with Crippen molar-refractivity contribution in [2.75, 3.05) is 20.1 Å². The third kappa shape index (κ3) is 3.18.